The summed E-state index contributed by atoms with van der Waals surface area (Å²) in [6, 6.07) is 12.9. The second-order valence-corrected chi connectivity index (χ2v) is 5.03. The largest absolute Gasteiger partial charge is 0.488 e. The lowest BCUT2D eigenvalue weighted by molar-refractivity contribution is 0.0895. The fraction of sp³-hybridized carbons (Fsp3) is 0.200. The molecule has 4 heteroatoms. The first-order chi connectivity index (χ1) is 9.16. The Bertz CT molecular complexity index is 629. The van der Waals surface area contributed by atoms with Crippen molar-refractivity contribution in [2.75, 3.05) is 6.54 Å². The number of rotatable bonds is 1. The van der Waals surface area contributed by atoms with Crippen molar-refractivity contribution in [3.05, 3.63) is 64.2 Å². The highest BCUT2D eigenvalue weighted by atomic mass is 35.5. The molecule has 0 amide bonds. The monoisotopic (exact) mass is 275 g/mol. The van der Waals surface area contributed by atoms with Crippen molar-refractivity contribution >= 4 is 11.6 Å². The average Bonchev–Trinajstić information content (AvgIpc) is 2.56. The molecule has 3 N–H and O–H groups in total. The summed E-state index contributed by atoms with van der Waals surface area (Å²) in [5.41, 5.74) is 6.68. The third-order valence-electron chi connectivity index (χ3n) is 3.52. The molecule has 0 fully saturated rings. The molecule has 1 atom stereocenters. The fourth-order valence-electron chi connectivity index (χ4n) is 2.59. The zero-order valence-electron chi connectivity index (χ0n) is 10.3. The van der Waals surface area contributed by atoms with Crippen LogP contribution in [0, 0.1) is 0 Å². The van der Waals surface area contributed by atoms with Gasteiger partial charge in [-0.25, -0.2) is 0 Å². The second-order valence-electron chi connectivity index (χ2n) is 4.62. The Morgan fingerprint density at radius 1 is 1.21 bits per heavy atom. The van der Waals surface area contributed by atoms with Crippen LogP contribution in [0.25, 0.3) is 0 Å². The number of halogens is 1. The van der Waals surface area contributed by atoms with Gasteiger partial charge in [0.15, 0.2) is 0 Å². The Kier molecular flexibility index (Phi) is 2.97. The highest BCUT2D eigenvalue weighted by molar-refractivity contribution is 6.31. The van der Waals surface area contributed by atoms with Crippen LogP contribution in [0.2, 0.25) is 5.02 Å². The molecule has 2 aromatic rings. The standard InChI is InChI=1S/C15H14ClNO2/c16-12-6-3-4-10-8-19-13-7-2-1-5-11(13)15(18,9-17)14(10)12/h1-7,18H,8-9,17H2. The van der Waals surface area contributed by atoms with E-state index in [-0.39, 0.29) is 6.54 Å². The molecule has 0 radical (unpaired) electrons. The van der Waals surface area contributed by atoms with Crippen molar-refractivity contribution in [1.29, 1.82) is 0 Å². The number of benzene rings is 2. The van der Waals surface area contributed by atoms with E-state index in [1.54, 1.807) is 6.07 Å². The maximum atomic E-state index is 11.1. The number of ether oxygens (including phenoxy) is 1. The van der Waals surface area contributed by atoms with E-state index in [1.165, 1.54) is 0 Å². The molecule has 0 bridgehead atoms. The molecular formula is C15H14ClNO2. The topological polar surface area (TPSA) is 55.5 Å². The molecule has 1 unspecified atom stereocenters. The summed E-state index contributed by atoms with van der Waals surface area (Å²) in [5.74, 6) is 0.641. The number of nitrogens with two attached hydrogens (primary N) is 1. The van der Waals surface area contributed by atoms with Crippen molar-refractivity contribution in [2.45, 2.75) is 12.2 Å². The Hall–Kier alpha value is -1.55. The first kappa shape index (κ1) is 12.5. The SMILES string of the molecule is NCC1(O)c2ccccc2OCc2cccc(Cl)c21. The molecule has 3 nitrogen and oxygen atoms in total. The molecule has 0 aromatic heterocycles. The summed E-state index contributed by atoms with van der Waals surface area (Å²) in [4.78, 5) is 0. The van der Waals surface area contributed by atoms with E-state index in [0.29, 0.717) is 28.5 Å². The molecule has 19 heavy (non-hydrogen) atoms. The van der Waals surface area contributed by atoms with Crippen LogP contribution >= 0.6 is 11.6 Å². The fourth-order valence-corrected chi connectivity index (χ4v) is 2.94. The molecular weight excluding hydrogens is 262 g/mol. The number of hydrogen-bond donors (Lipinski definition) is 2. The molecule has 0 aliphatic carbocycles. The zero-order chi connectivity index (χ0) is 13.5. The van der Waals surface area contributed by atoms with Gasteiger partial charge in [0, 0.05) is 22.7 Å². The van der Waals surface area contributed by atoms with Crippen molar-refractivity contribution in [3.8, 4) is 5.75 Å². The summed E-state index contributed by atoms with van der Waals surface area (Å²) in [7, 11) is 0. The van der Waals surface area contributed by atoms with Crippen LogP contribution in [-0.2, 0) is 12.2 Å². The van der Waals surface area contributed by atoms with Gasteiger partial charge in [-0.1, -0.05) is 41.9 Å². The van der Waals surface area contributed by atoms with Gasteiger partial charge in [-0.15, -0.1) is 0 Å². The van der Waals surface area contributed by atoms with Crippen LogP contribution in [0.4, 0.5) is 0 Å². The quantitative estimate of drug-likeness (QED) is 0.840. The van der Waals surface area contributed by atoms with Crippen molar-refractivity contribution in [3.63, 3.8) is 0 Å². The average molecular weight is 276 g/mol. The predicted octanol–water partition coefficient (Wildman–Crippen LogP) is 2.43. The lowest BCUT2D eigenvalue weighted by Crippen LogP contribution is -2.36. The van der Waals surface area contributed by atoms with E-state index in [4.69, 9.17) is 22.1 Å². The van der Waals surface area contributed by atoms with Gasteiger partial charge in [0.05, 0.1) is 0 Å². The molecule has 0 saturated heterocycles. The smallest absolute Gasteiger partial charge is 0.132 e. The molecule has 1 heterocycles. The molecule has 1 aliphatic rings. The minimum atomic E-state index is -1.32. The van der Waals surface area contributed by atoms with E-state index >= 15 is 0 Å². The maximum Gasteiger partial charge on any atom is 0.132 e. The van der Waals surface area contributed by atoms with Crippen molar-refractivity contribution < 1.29 is 9.84 Å². The predicted molar refractivity (Wildman–Crippen MR) is 74.3 cm³/mol. The zero-order valence-corrected chi connectivity index (χ0v) is 11.0. The normalized spacial score (nSPS) is 21.0. The van der Waals surface area contributed by atoms with Crippen LogP contribution in [-0.4, -0.2) is 11.7 Å². The highest BCUT2D eigenvalue weighted by Gasteiger charge is 2.38. The molecule has 0 saturated carbocycles. The summed E-state index contributed by atoms with van der Waals surface area (Å²) in [6.45, 7) is 0.416. The third-order valence-corrected chi connectivity index (χ3v) is 3.84. The van der Waals surface area contributed by atoms with E-state index < -0.39 is 5.60 Å². The summed E-state index contributed by atoms with van der Waals surface area (Å²) < 4.78 is 5.75. The van der Waals surface area contributed by atoms with E-state index in [9.17, 15) is 5.11 Å². The number of para-hydroxylation sites is 1. The Morgan fingerprint density at radius 3 is 2.79 bits per heavy atom. The van der Waals surface area contributed by atoms with Gasteiger partial charge < -0.3 is 15.6 Å². The first-order valence-corrected chi connectivity index (χ1v) is 6.47. The van der Waals surface area contributed by atoms with Crippen LogP contribution < -0.4 is 10.5 Å². The van der Waals surface area contributed by atoms with Crippen LogP contribution in [0.1, 0.15) is 16.7 Å². The third kappa shape index (κ3) is 1.82. The van der Waals surface area contributed by atoms with Gasteiger partial charge in [-0.05, 0) is 17.7 Å². The minimum absolute atomic E-state index is 0.0457. The Balaban J connectivity index is 2.33. The van der Waals surface area contributed by atoms with Gasteiger partial charge in [-0.2, -0.15) is 0 Å². The van der Waals surface area contributed by atoms with Crippen LogP contribution in [0.5, 0.6) is 5.75 Å². The van der Waals surface area contributed by atoms with E-state index in [2.05, 4.69) is 0 Å². The summed E-state index contributed by atoms with van der Waals surface area (Å²) in [6.07, 6.45) is 0. The Morgan fingerprint density at radius 2 is 2.00 bits per heavy atom. The maximum absolute atomic E-state index is 11.1. The Labute approximate surface area is 116 Å². The second kappa shape index (κ2) is 4.53. The van der Waals surface area contributed by atoms with Gasteiger partial charge in [-0.3, -0.25) is 0 Å². The van der Waals surface area contributed by atoms with Crippen LogP contribution in [0.3, 0.4) is 0 Å². The molecule has 98 valence electrons. The molecule has 0 spiro atoms. The molecule has 3 rings (SSSR count). The van der Waals surface area contributed by atoms with E-state index in [0.717, 1.165) is 5.56 Å². The van der Waals surface area contributed by atoms with Gasteiger partial charge in [0.2, 0.25) is 0 Å². The number of fused-ring (bicyclic) bond motifs is 2. The summed E-state index contributed by atoms with van der Waals surface area (Å²) >= 11 is 6.27. The number of aliphatic hydroxyl groups is 1. The van der Waals surface area contributed by atoms with Gasteiger partial charge in [0.25, 0.3) is 0 Å². The molecule has 2 aromatic carbocycles. The lowest BCUT2D eigenvalue weighted by atomic mass is 9.84. The van der Waals surface area contributed by atoms with Crippen molar-refractivity contribution in [1.82, 2.24) is 0 Å². The van der Waals surface area contributed by atoms with Crippen LogP contribution in [0.15, 0.2) is 42.5 Å². The van der Waals surface area contributed by atoms with Crippen molar-refractivity contribution in [2.24, 2.45) is 5.73 Å². The van der Waals surface area contributed by atoms with Gasteiger partial charge in [0.1, 0.15) is 18.0 Å². The van der Waals surface area contributed by atoms with Gasteiger partial charge >= 0.3 is 0 Å². The lowest BCUT2D eigenvalue weighted by Gasteiger charge is -2.29. The molecule has 1 aliphatic heterocycles. The van der Waals surface area contributed by atoms with E-state index in [1.807, 2.05) is 36.4 Å². The minimum Gasteiger partial charge on any atom is -0.488 e. The first-order valence-electron chi connectivity index (χ1n) is 6.09. The highest BCUT2D eigenvalue weighted by Crippen LogP contribution is 2.42. The number of hydrogen-bond acceptors (Lipinski definition) is 3. The summed E-state index contributed by atoms with van der Waals surface area (Å²) in [5, 5.41) is 11.6.